The third kappa shape index (κ3) is 4.86. The van der Waals surface area contributed by atoms with Crippen LogP contribution in [0.5, 0.6) is 0 Å². The summed E-state index contributed by atoms with van der Waals surface area (Å²) in [5.74, 6) is -0.0110. The van der Waals surface area contributed by atoms with Crippen LogP contribution in [-0.2, 0) is 17.6 Å². The third-order valence-corrected chi connectivity index (χ3v) is 5.98. The van der Waals surface area contributed by atoms with Crippen LogP contribution in [0.25, 0.3) is 0 Å². The van der Waals surface area contributed by atoms with Crippen LogP contribution in [0.3, 0.4) is 0 Å². The van der Waals surface area contributed by atoms with Crippen molar-refractivity contribution >= 4 is 35.0 Å². The van der Waals surface area contributed by atoms with Gasteiger partial charge in [-0.15, -0.1) is 0 Å². The molecule has 0 aromatic heterocycles. The maximum Gasteiger partial charge on any atom is 0.255 e. The molecule has 1 saturated heterocycles. The summed E-state index contributed by atoms with van der Waals surface area (Å²) in [5, 5.41) is 0.648. The summed E-state index contributed by atoms with van der Waals surface area (Å²) in [5.41, 5.74) is 2.88. The Morgan fingerprint density at radius 3 is 2.14 bits per heavy atom. The second-order valence-electron chi connectivity index (χ2n) is 6.94. The predicted octanol–water partition coefficient (Wildman–Crippen LogP) is 4.47. The van der Waals surface area contributed by atoms with Crippen LogP contribution >= 0.6 is 23.2 Å². The molecule has 1 aliphatic heterocycles. The van der Waals surface area contributed by atoms with Gasteiger partial charge in [-0.2, -0.15) is 0 Å². The number of aryl methyl sites for hydroxylation is 2. The van der Waals surface area contributed by atoms with Gasteiger partial charge >= 0.3 is 0 Å². The summed E-state index contributed by atoms with van der Waals surface area (Å²) in [6, 6.07) is 13.5. The van der Waals surface area contributed by atoms with Gasteiger partial charge in [0.25, 0.3) is 5.91 Å². The van der Waals surface area contributed by atoms with E-state index in [1.165, 1.54) is 11.1 Å². The smallest absolute Gasteiger partial charge is 0.255 e. The molecule has 0 unspecified atom stereocenters. The largest absolute Gasteiger partial charge is 0.339 e. The highest BCUT2D eigenvalue weighted by Crippen LogP contribution is 2.26. The quantitative estimate of drug-likeness (QED) is 0.718. The van der Waals surface area contributed by atoms with E-state index in [1.54, 1.807) is 23.1 Å². The molecule has 0 bridgehead atoms. The average molecular weight is 419 g/mol. The Balaban J connectivity index is 1.50. The minimum Gasteiger partial charge on any atom is -0.339 e. The predicted molar refractivity (Wildman–Crippen MR) is 113 cm³/mol. The lowest BCUT2D eigenvalue weighted by molar-refractivity contribution is -0.132. The Morgan fingerprint density at radius 2 is 1.50 bits per heavy atom. The molecule has 1 fully saturated rings. The van der Waals surface area contributed by atoms with Gasteiger partial charge < -0.3 is 9.80 Å². The number of hydrogen-bond donors (Lipinski definition) is 0. The lowest BCUT2D eigenvalue weighted by atomic mass is 10.1. The Morgan fingerprint density at radius 1 is 0.893 bits per heavy atom. The number of piperazine rings is 1. The number of hydrogen-bond acceptors (Lipinski definition) is 2. The molecule has 0 aliphatic carbocycles. The van der Waals surface area contributed by atoms with Crippen molar-refractivity contribution in [3.8, 4) is 0 Å². The molecule has 0 radical (unpaired) electrons. The van der Waals surface area contributed by atoms with Crippen LogP contribution in [0.1, 0.15) is 34.8 Å². The van der Waals surface area contributed by atoms with Crippen molar-refractivity contribution < 1.29 is 9.59 Å². The zero-order valence-corrected chi connectivity index (χ0v) is 17.5. The molecule has 2 aromatic rings. The maximum absolute atomic E-state index is 12.7. The van der Waals surface area contributed by atoms with Crippen LogP contribution in [-0.4, -0.2) is 47.8 Å². The van der Waals surface area contributed by atoms with Crippen LogP contribution in [0.2, 0.25) is 10.0 Å². The van der Waals surface area contributed by atoms with Crippen LogP contribution in [0, 0.1) is 0 Å². The highest BCUT2D eigenvalue weighted by atomic mass is 35.5. The Hall–Kier alpha value is -2.04. The molecule has 2 aromatic carbocycles. The Bertz CT molecular complexity index is 844. The van der Waals surface area contributed by atoms with Crippen LogP contribution < -0.4 is 0 Å². The number of halogens is 2. The molecular weight excluding hydrogens is 395 g/mol. The van der Waals surface area contributed by atoms with Gasteiger partial charge in [-0.1, -0.05) is 60.5 Å². The molecule has 6 heteroatoms. The molecule has 1 aliphatic rings. The van der Waals surface area contributed by atoms with Crippen LogP contribution in [0.4, 0.5) is 0 Å². The van der Waals surface area contributed by atoms with E-state index in [0.717, 1.165) is 12.8 Å². The van der Waals surface area contributed by atoms with Gasteiger partial charge in [-0.25, -0.2) is 0 Å². The first kappa shape index (κ1) is 20.7. The first-order valence-electron chi connectivity index (χ1n) is 9.58. The van der Waals surface area contributed by atoms with E-state index >= 15 is 0 Å². The standard InChI is InChI=1S/C22H24Cl2N2O2/c1-2-16-6-8-17(9-7-16)10-11-20(27)25-12-14-26(15-13-25)22(28)18-4-3-5-19(23)21(18)24/h3-9H,2,10-15H2,1H3. The summed E-state index contributed by atoms with van der Waals surface area (Å²) in [6.45, 7) is 4.20. The first-order valence-corrected chi connectivity index (χ1v) is 10.3. The van der Waals surface area contributed by atoms with Crippen molar-refractivity contribution in [1.29, 1.82) is 0 Å². The number of carbonyl (C=O) groups is 2. The molecule has 4 nitrogen and oxygen atoms in total. The van der Waals surface area contributed by atoms with E-state index in [9.17, 15) is 9.59 Å². The van der Waals surface area contributed by atoms with Gasteiger partial charge in [0, 0.05) is 32.6 Å². The highest BCUT2D eigenvalue weighted by molar-refractivity contribution is 6.43. The monoisotopic (exact) mass is 418 g/mol. The molecule has 0 spiro atoms. The third-order valence-electron chi connectivity index (χ3n) is 5.16. The van der Waals surface area contributed by atoms with E-state index in [0.29, 0.717) is 43.2 Å². The normalized spacial score (nSPS) is 14.2. The van der Waals surface area contributed by atoms with Gasteiger partial charge in [-0.3, -0.25) is 9.59 Å². The Labute approximate surface area is 176 Å². The fourth-order valence-electron chi connectivity index (χ4n) is 3.35. The lowest BCUT2D eigenvalue weighted by Crippen LogP contribution is -2.50. The summed E-state index contributed by atoms with van der Waals surface area (Å²) in [7, 11) is 0. The van der Waals surface area contributed by atoms with Gasteiger partial charge in [0.1, 0.15) is 0 Å². The molecule has 0 saturated carbocycles. The molecule has 0 N–H and O–H groups in total. The summed E-state index contributed by atoms with van der Waals surface area (Å²) in [6.07, 6.45) is 2.24. The molecular formula is C22H24Cl2N2O2. The van der Waals surface area contributed by atoms with Crippen molar-refractivity contribution in [2.75, 3.05) is 26.2 Å². The molecule has 28 heavy (non-hydrogen) atoms. The number of rotatable bonds is 5. The van der Waals surface area contributed by atoms with E-state index in [1.807, 2.05) is 4.90 Å². The average Bonchev–Trinajstić information content (AvgIpc) is 2.74. The number of benzene rings is 2. The topological polar surface area (TPSA) is 40.6 Å². The minimum atomic E-state index is -0.143. The van der Waals surface area contributed by atoms with Crippen molar-refractivity contribution in [3.63, 3.8) is 0 Å². The van der Waals surface area contributed by atoms with Gasteiger partial charge in [0.05, 0.1) is 15.6 Å². The van der Waals surface area contributed by atoms with Crippen molar-refractivity contribution in [2.45, 2.75) is 26.2 Å². The fourth-order valence-corrected chi connectivity index (χ4v) is 3.73. The molecule has 2 amide bonds. The zero-order chi connectivity index (χ0) is 20.1. The van der Waals surface area contributed by atoms with Crippen molar-refractivity contribution in [3.05, 3.63) is 69.2 Å². The van der Waals surface area contributed by atoms with Gasteiger partial charge in [0.15, 0.2) is 0 Å². The summed E-state index contributed by atoms with van der Waals surface area (Å²) < 4.78 is 0. The number of nitrogens with zero attached hydrogens (tertiary/aromatic N) is 2. The van der Waals surface area contributed by atoms with E-state index in [4.69, 9.17) is 23.2 Å². The van der Waals surface area contributed by atoms with Crippen LogP contribution in [0.15, 0.2) is 42.5 Å². The number of amides is 2. The fraction of sp³-hybridized carbons (Fsp3) is 0.364. The van der Waals surface area contributed by atoms with E-state index < -0.39 is 0 Å². The summed E-state index contributed by atoms with van der Waals surface area (Å²) >= 11 is 12.2. The SMILES string of the molecule is CCc1ccc(CCC(=O)N2CCN(C(=O)c3cccc(Cl)c3Cl)CC2)cc1. The van der Waals surface area contributed by atoms with Crippen molar-refractivity contribution in [1.82, 2.24) is 9.80 Å². The zero-order valence-electron chi connectivity index (χ0n) is 16.0. The molecule has 3 rings (SSSR count). The maximum atomic E-state index is 12.7. The van der Waals surface area contributed by atoms with Gasteiger partial charge in [0.2, 0.25) is 5.91 Å². The second kappa shape index (κ2) is 9.44. The van der Waals surface area contributed by atoms with E-state index in [-0.39, 0.29) is 16.8 Å². The first-order chi connectivity index (χ1) is 13.5. The minimum absolute atomic E-state index is 0.132. The number of carbonyl (C=O) groups excluding carboxylic acids is 2. The van der Waals surface area contributed by atoms with E-state index in [2.05, 4.69) is 31.2 Å². The molecule has 0 atom stereocenters. The second-order valence-corrected chi connectivity index (χ2v) is 7.73. The van der Waals surface area contributed by atoms with Crippen molar-refractivity contribution in [2.24, 2.45) is 0 Å². The lowest BCUT2D eigenvalue weighted by Gasteiger charge is -2.35. The summed E-state index contributed by atoms with van der Waals surface area (Å²) in [4.78, 5) is 28.8. The molecule has 148 valence electrons. The Kier molecular flexibility index (Phi) is 6.97. The molecule has 1 heterocycles. The highest BCUT2D eigenvalue weighted by Gasteiger charge is 2.26. The van der Waals surface area contributed by atoms with Gasteiger partial charge in [-0.05, 0) is 36.1 Å².